The third-order valence-corrected chi connectivity index (χ3v) is 2.05. The van der Waals surface area contributed by atoms with Gasteiger partial charge in [-0.25, -0.2) is 0 Å². The second kappa shape index (κ2) is 3.33. The third kappa shape index (κ3) is 1.58. The molecule has 0 aliphatic heterocycles. The topological polar surface area (TPSA) is 38.0 Å². The summed E-state index contributed by atoms with van der Waals surface area (Å²) in [6.07, 6.45) is 1.87. The van der Waals surface area contributed by atoms with Crippen LogP contribution in [0.1, 0.15) is 13.8 Å². The second-order valence-corrected chi connectivity index (χ2v) is 3.74. The van der Waals surface area contributed by atoms with Crippen molar-refractivity contribution in [2.45, 2.75) is 20.4 Å². The largest absolute Gasteiger partial charge is 0.507 e. The van der Waals surface area contributed by atoms with E-state index in [-0.39, 0.29) is 0 Å². The number of phenolic OH excluding ortho intramolecular Hbond substituents is 1. The lowest BCUT2D eigenvalue weighted by Gasteiger charge is -2.02. The number of aromatic hydroxyl groups is 1. The fraction of sp³-hybridized carbons (Fsp3) is 0.273. The van der Waals surface area contributed by atoms with Crippen LogP contribution < -0.4 is 0 Å². The maximum atomic E-state index is 9.56. The van der Waals surface area contributed by atoms with Crippen LogP contribution in [0.4, 0.5) is 0 Å². The molecule has 1 radical (unpaired) electrons. The molecule has 0 atom stereocenters. The minimum Gasteiger partial charge on any atom is -0.507 e. The molecule has 1 aromatic carbocycles. The van der Waals surface area contributed by atoms with Gasteiger partial charge in [-0.15, -0.1) is 0 Å². The van der Waals surface area contributed by atoms with E-state index in [0.29, 0.717) is 5.75 Å². The van der Waals surface area contributed by atoms with Crippen molar-refractivity contribution in [1.82, 2.24) is 9.78 Å². The van der Waals surface area contributed by atoms with Crippen molar-refractivity contribution in [3.8, 4) is 5.75 Å². The summed E-state index contributed by atoms with van der Waals surface area (Å²) in [5.41, 5.74) is 0.839. The summed E-state index contributed by atoms with van der Waals surface area (Å²) >= 11 is 0. The molecule has 0 spiro atoms. The van der Waals surface area contributed by atoms with Crippen LogP contribution in [0.15, 0.2) is 24.4 Å². The van der Waals surface area contributed by atoms with Gasteiger partial charge in [-0.05, 0) is 18.1 Å². The molecule has 0 saturated heterocycles. The number of rotatable bonds is 2. The average Bonchev–Trinajstić information content (AvgIpc) is 2.47. The van der Waals surface area contributed by atoms with Gasteiger partial charge in [-0.3, -0.25) is 4.68 Å². The van der Waals surface area contributed by atoms with E-state index in [0.717, 1.165) is 17.4 Å². The fourth-order valence-electron chi connectivity index (χ4n) is 1.48. The minimum atomic E-state index is 0.294. The van der Waals surface area contributed by atoms with Gasteiger partial charge >= 0.3 is 0 Å². The van der Waals surface area contributed by atoms with Crippen LogP contribution in [0, 0.1) is 5.92 Å². The van der Waals surface area contributed by atoms with Crippen LogP contribution in [-0.4, -0.2) is 14.9 Å². The third-order valence-electron chi connectivity index (χ3n) is 2.05. The molecule has 0 unspecified atom stereocenters. The summed E-state index contributed by atoms with van der Waals surface area (Å²) in [5.74, 6) is 1.58. The smallest absolute Gasteiger partial charge is 0.126 e. The number of benzene rings is 1. The van der Waals surface area contributed by atoms with Gasteiger partial charge in [0, 0.05) is 12.7 Å². The summed E-state index contributed by atoms with van der Waals surface area (Å²) < 4.78 is 1.85. The number of hydrogen-bond donors (Lipinski definition) is 1. The molecule has 0 aliphatic rings. The highest BCUT2D eigenvalue weighted by Crippen LogP contribution is 2.23. The Morgan fingerprint density at radius 1 is 1.43 bits per heavy atom. The Morgan fingerprint density at radius 3 is 2.86 bits per heavy atom. The van der Waals surface area contributed by atoms with Crippen molar-refractivity contribution in [3.05, 3.63) is 30.3 Å². The van der Waals surface area contributed by atoms with E-state index in [1.165, 1.54) is 5.92 Å². The van der Waals surface area contributed by atoms with E-state index in [4.69, 9.17) is 0 Å². The molecule has 73 valence electrons. The molecule has 2 aromatic rings. The lowest BCUT2D eigenvalue weighted by Crippen LogP contribution is -2.02. The zero-order chi connectivity index (χ0) is 10.1. The Bertz CT molecular complexity index is 445. The standard InChI is InChI=1S/C11H13N2O/c1-8(2)6-13-7-9-10(12-13)4-3-5-11(9)14/h3-5,7,14H,6H2,1-2H3. The Balaban J connectivity index is 2.46. The van der Waals surface area contributed by atoms with Gasteiger partial charge in [0.1, 0.15) is 5.75 Å². The van der Waals surface area contributed by atoms with Crippen LogP contribution in [0.2, 0.25) is 0 Å². The van der Waals surface area contributed by atoms with Crippen LogP contribution in [0.5, 0.6) is 5.75 Å². The van der Waals surface area contributed by atoms with Crippen molar-refractivity contribution in [2.75, 3.05) is 0 Å². The molecule has 3 nitrogen and oxygen atoms in total. The first-order valence-electron chi connectivity index (χ1n) is 4.61. The maximum Gasteiger partial charge on any atom is 0.126 e. The first-order chi connectivity index (χ1) is 6.66. The van der Waals surface area contributed by atoms with Crippen LogP contribution in [0.25, 0.3) is 10.9 Å². The molecule has 1 N–H and O–H groups in total. The fourth-order valence-corrected chi connectivity index (χ4v) is 1.48. The molecule has 3 heteroatoms. The summed E-state index contributed by atoms with van der Waals surface area (Å²) in [7, 11) is 0. The van der Waals surface area contributed by atoms with Crippen molar-refractivity contribution in [1.29, 1.82) is 0 Å². The van der Waals surface area contributed by atoms with Crippen molar-refractivity contribution >= 4 is 10.9 Å². The Labute approximate surface area is 83.0 Å². The molecule has 0 aliphatic carbocycles. The normalized spacial score (nSPS) is 11.4. The number of phenols is 1. The number of fused-ring (bicyclic) bond motifs is 1. The van der Waals surface area contributed by atoms with Crippen LogP contribution in [0.3, 0.4) is 0 Å². The van der Waals surface area contributed by atoms with Gasteiger partial charge in [0.05, 0.1) is 10.9 Å². The van der Waals surface area contributed by atoms with E-state index < -0.39 is 0 Å². The summed E-state index contributed by atoms with van der Waals surface area (Å²) in [6.45, 7) is 4.92. The van der Waals surface area contributed by atoms with E-state index >= 15 is 0 Å². The molecule has 0 saturated carbocycles. The van der Waals surface area contributed by atoms with Crippen molar-refractivity contribution < 1.29 is 5.11 Å². The Hall–Kier alpha value is -1.51. The van der Waals surface area contributed by atoms with Gasteiger partial charge in [0.25, 0.3) is 0 Å². The molecular weight excluding hydrogens is 176 g/mol. The first kappa shape index (κ1) is 9.06. The minimum absolute atomic E-state index is 0.294. The molecule has 14 heavy (non-hydrogen) atoms. The predicted octanol–water partition coefficient (Wildman–Crippen LogP) is 2.36. The van der Waals surface area contributed by atoms with Crippen LogP contribution >= 0.6 is 0 Å². The summed E-state index contributed by atoms with van der Waals surface area (Å²) in [4.78, 5) is 0. The maximum absolute atomic E-state index is 9.56. The van der Waals surface area contributed by atoms with E-state index in [1.807, 2.05) is 16.9 Å². The molecule has 2 rings (SSSR count). The highest BCUT2D eigenvalue weighted by atomic mass is 16.3. The zero-order valence-electron chi connectivity index (χ0n) is 8.36. The molecule has 1 heterocycles. The van der Waals surface area contributed by atoms with Gasteiger partial charge in [0.15, 0.2) is 0 Å². The number of hydrogen-bond acceptors (Lipinski definition) is 2. The van der Waals surface area contributed by atoms with Gasteiger partial charge < -0.3 is 5.11 Å². The number of nitrogens with zero attached hydrogens (tertiary/aromatic N) is 2. The molecule has 0 fully saturated rings. The predicted molar refractivity (Wildman–Crippen MR) is 56.0 cm³/mol. The summed E-state index contributed by atoms with van der Waals surface area (Å²) in [6, 6.07) is 5.38. The zero-order valence-corrected chi connectivity index (χ0v) is 8.36. The first-order valence-corrected chi connectivity index (χ1v) is 4.61. The number of aromatic nitrogens is 2. The van der Waals surface area contributed by atoms with Crippen molar-refractivity contribution in [3.63, 3.8) is 0 Å². The second-order valence-electron chi connectivity index (χ2n) is 3.74. The average molecular weight is 189 g/mol. The van der Waals surface area contributed by atoms with Gasteiger partial charge in [-0.1, -0.05) is 19.9 Å². The van der Waals surface area contributed by atoms with Crippen molar-refractivity contribution in [2.24, 2.45) is 0 Å². The monoisotopic (exact) mass is 189 g/mol. The highest BCUT2D eigenvalue weighted by Gasteiger charge is 2.05. The van der Waals surface area contributed by atoms with Crippen LogP contribution in [-0.2, 0) is 6.54 Å². The highest BCUT2D eigenvalue weighted by molar-refractivity contribution is 5.84. The quantitative estimate of drug-likeness (QED) is 0.787. The van der Waals surface area contributed by atoms with E-state index in [2.05, 4.69) is 18.9 Å². The molecular formula is C11H13N2O. The van der Waals surface area contributed by atoms with Gasteiger partial charge in [0.2, 0.25) is 0 Å². The molecule has 1 aromatic heterocycles. The van der Waals surface area contributed by atoms with E-state index in [9.17, 15) is 5.11 Å². The Morgan fingerprint density at radius 2 is 2.21 bits per heavy atom. The van der Waals surface area contributed by atoms with Gasteiger partial charge in [-0.2, -0.15) is 5.10 Å². The van der Waals surface area contributed by atoms with E-state index in [1.54, 1.807) is 12.1 Å². The summed E-state index contributed by atoms with van der Waals surface area (Å²) in [5, 5.41) is 14.7. The molecule has 0 amide bonds. The lowest BCUT2D eigenvalue weighted by atomic mass is 10.2. The lowest BCUT2D eigenvalue weighted by molar-refractivity contribution is 0.481. The Kier molecular flexibility index (Phi) is 2.15. The molecule has 0 bridgehead atoms. The SMILES string of the molecule is C[C](C)Cn1cc2c(O)cccc2n1.